The Morgan fingerprint density at radius 3 is 2.29 bits per heavy atom. The van der Waals surface area contributed by atoms with Crippen molar-refractivity contribution >= 4 is 23.4 Å². The van der Waals surface area contributed by atoms with Crippen molar-refractivity contribution in [2.75, 3.05) is 11.7 Å². The standard InChI is InChI=1S/C27H30N2O5/c1-16-6-9-18(10-7-16)29-22(30)13-19(24(29)31)28(25(32)23-26(2,3)27(23,4)5)14-17-8-11-20-21(12-17)34-15-33-20/h6-12,19,23H,13-15H2,1-5H3. The third-order valence-electron chi connectivity index (χ3n) is 8.13. The van der Waals surface area contributed by atoms with Crippen molar-refractivity contribution in [2.45, 2.75) is 53.6 Å². The van der Waals surface area contributed by atoms with Crippen LogP contribution in [0.2, 0.25) is 0 Å². The van der Waals surface area contributed by atoms with E-state index >= 15 is 0 Å². The number of amides is 3. The van der Waals surface area contributed by atoms with Crippen LogP contribution in [0, 0.1) is 23.7 Å². The molecule has 2 aromatic rings. The average Bonchev–Trinajstić information content (AvgIpc) is 3.15. The van der Waals surface area contributed by atoms with Gasteiger partial charge in [-0.25, -0.2) is 4.90 Å². The fourth-order valence-corrected chi connectivity index (χ4v) is 5.38. The van der Waals surface area contributed by atoms with E-state index in [9.17, 15) is 14.4 Å². The molecule has 1 saturated carbocycles. The summed E-state index contributed by atoms with van der Waals surface area (Å²) >= 11 is 0. The Bertz CT molecular complexity index is 1170. The van der Waals surface area contributed by atoms with Crippen LogP contribution in [0.4, 0.5) is 5.69 Å². The van der Waals surface area contributed by atoms with Crippen LogP contribution in [0.1, 0.15) is 45.2 Å². The van der Waals surface area contributed by atoms with Gasteiger partial charge in [0.05, 0.1) is 12.1 Å². The van der Waals surface area contributed by atoms with Crippen LogP contribution < -0.4 is 14.4 Å². The van der Waals surface area contributed by atoms with Gasteiger partial charge in [0.15, 0.2) is 11.5 Å². The van der Waals surface area contributed by atoms with Gasteiger partial charge in [-0.2, -0.15) is 0 Å². The maximum absolute atomic E-state index is 13.9. The number of aryl methyl sites for hydroxylation is 1. The summed E-state index contributed by atoms with van der Waals surface area (Å²) < 4.78 is 10.9. The third kappa shape index (κ3) is 3.37. The molecule has 0 radical (unpaired) electrons. The Morgan fingerprint density at radius 1 is 1.00 bits per heavy atom. The van der Waals surface area contributed by atoms with E-state index in [1.165, 1.54) is 4.90 Å². The minimum atomic E-state index is -0.848. The molecule has 178 valence electrons. The summed E-state index contributed by atoms with van der Waals surface area (Å²) in [5, 5.41) is 0. The maximum atomic E-state index is 13.9. The van der Waals surface area contributed by atoms with Crippen LogP contribution in [-0.2, 0) is 20.9 Å². The van der Waals surface area contributed by atoms with Gasteiger partial charge in [-0.15, -0.1) is 0 Å². The molecule has 1 atom stereocenters. The number of ether oxygens (including phenoxy) is 2. The second-order valence-corrected chi connectivity index (χ2v) is 10.7. The van der Waals surface area contributed by atoms with Crippen molar-refractivity contribution < 1.29 is 23.9 Å². The van der Waals surface area contributed by atoms with Gasteiger partial charge in [-0.3, -0.25) is 14.4 Å². The summed E-state index contributed by atoms with van der Waals surface area (Å²) in [6, 6.07) is 11.9. The number of nitrogens with zero attached hydrogens (tertiary/aromatic N) is 2. The van der Waals surface area contributed by atoms with E-state index in [1.54, 1.807) is 17.0 Å². The number of carbonyl (C=O) groups excluding carboxylic acids is 3. The van der Waals surface area contributed by atoms with Crippen LogP contribution in [0.5, 0.6) is 11.5 Å². The number of fused-ring (bicyclic) bond motifs is 1. The van der Waals surface area contributed by atoms with Gasteiger partial charge in [-0.05, 0) is 47.6 Å². The average molecular weight is 463 g/mol. The smallest absolute Gasteiger partial charge is 0.257 e. The van der Waals surface area contributed by atoms with E-state index in [0.29, 0.717) is 17.2 Å². The molecule has 0 aromatic heterocycles. The Labute approximate surface area is 199 Å². The van der Waals surface area contributed by atoms with E-state index in [1.807, 2.05) is 37.3 Å². The molecule has 0 bridgehead atoms. The van der Waals surface area contributed by atoms with Gasteiger partial charge in [0, 0.05) is 12.5 Å². The zero-order valence-electron chi connectivity index (χ0n) is 20.3. The van der Waals surface area contributed by atoms with Gasteiger partial charge in [0.1, 0.15) is 6.04 Å². The second kappa shape index (κ2) is 7.58. The van der Waals surface area contributed by atoms with Crippen LogP contribution in [0.25, 0.3) is 0 Å². The minimum Gasteiger partial charge on any atom is -0.454 e. The maximum Gasteiger partial charge on any atom is 0.257 e. The lowest BCUT2D eigenvalue weighted by atomic mass is 10.0. The molecular formula is C27H30N2O5. The first-order chi connectivity index (χ1) is 16.0. The number of benzene rings is 2. The summed E-state index contributed by atoms with van der Waals surface area (Å²) in [4.78, 5) is 43.3. The number of hydrogen-bond donors (Lipinski definition) is 0. The first kappa shape index (κ1) is 22.4. The molecule has 2 heterocycles. The van der Waals surface area contributed by atoms with E-state index in [0.717, 1.165) is 11.1 Å². The molecule has 3 aliphatic rings. The number of imide groups is 1. The molecule has 0 N–H and O–H groups in total. The lowest BCUT2D eigenvalue weighted by Gasteiger charge is -2.29. The monoisotopic (exact) mass is 462 g/mol. The van der Waals surface area contributed by atoms with Crippen LogP contribution in [0.15, 0.2) is 42.5 Å². The lowest BCUT2D eigenvalue weighted by Crippen LogP contribution is -2.46. The SMILES string of the molecule is Cc1ccc(N2C(=O)CC(N(Cc3ccc4c(c3)OCO4)C(=O)C3C(C)(C)C3(C)C)C2=O)cc1. The molecule has 2 aliphatic heterocycles. The summed E-state index contributed by atoms with van der Waals surface area (Å²) in [6.07, 6.45) is -0.0312. The lowest BCUT2D eigenvalue weighted by molar-refractivity contribution is -0.141. The van der Waals surface area contributed by atoms with Crippen LogP contribution in [0.3, 0.4) is 0 Å². The number of hydrogen-bond acceptors (Lipinski definition) is 5. The third-order valence-corrected chi connectivity index (χ3v) is 8.13. The quantitative estimate of drug-likeness (QED) is 0.626. The fourth-order valence-electron chi connectivity index (χ4n) is 5.38. The van der Waals surface area contributed by atoms with Gasteiger partial charge >= 0.3 is 0 Å². The first-order valence-corrected chi connectivity index (χ1v) is 11.6. The number of anilines is 1. The van der Waals surface area contributed by atoms with Crippen molar-refractivity contribution in [3.05, 3.63) is 53.6 Å². The fraction of sp³-hybridized carbons (Fsp3) is 0.444. The predicted octanol–water partition coefficient (Wildman–Crippen LogP) is 4.07. The summed E-state index contributed by atoms with van der Waals surface area (Å²) in [5.74, 6) is 0.293. The molecule has 2 fully saturated rings. The molecule has 1 aliphatic carbocycles. The van der Waals surface area contributed by atoms with Crippen molar-refractivity contribution in [3.8, 4) is 11.5 Å². The van der Waals surface area contributed by atoms with Crippen molar-refractivity contribution in [2.24, 2.45) is 16.7 Å². The van der Waals surface area contributed by atoms with Crippen molar-refractivity contribution in [3.63, 3.8) is 0 Å². The topological polar surface area (TPSA) is 76.2 Å². The molecule has 5 rings (SSSR count). The van der Waals surface area contributed by atoms with Crippen LogP contribution in [-0.4, -0.2) is 35.5 Å². The van der Waals surface area contributed by atoms with E-state index in [2.05, 4.69) is 27.7 Å². The summed E-state index contributed by atoms with van der Waals surface area (Å²) in [5.41, 5.74) is 2.00. The molecule has 3 amide bonds. The summed E-state index contributed by atoms with van der Waals surface area (Å²) in [6.45, 7) is 10.6. The Kier molecular flexibility index (Phi) is 5.01. The van der Waals surface area contributed by atoms with Gasteiger partial charge in [0.2, 0.25) is 18.6 Å². The highest BCUT2D eigenvalue weighted by molar-refractivity contribution is 6.23. The molecular weight excluding hydrogens is 432 g/mol. The summed E-state index contributed by atoms with van der Waals surface area (Å²) in [7, 11) is 0. The molecule has 2 aromatic carbocycles. The normalized spacial score (nSPS) is 22.3. The highest BCUT2D eigenvalue weighted by atomic mass is 16.7. The molecule has 34 heavy (non-hydrogen) atoms. The molecule has 1 unspecified atom stereocenters. The van der Waals surface area contributed by atoms with Crippen molar-refractivity contribution in [1.29, 1.82) is 0 Å². The predicted molar refractivity (Wildman–Crippen MR) is 126 cm³/mol. The van der Waals surface area contributed by atoms with E-state index < -0.39 is 6.04 Å². The molecule has 7 heteroatoms. The van der Waals surface area contributed by atoms with Gasteiger partial charge < -0.3 is 14.4 Å². The number of carbonyl (C=O) groups is 3. The highest BCUT2D eigenvalue weighted by Gasteiger charge is 2.69. The molecule has 1 saturated heterocycles. The zero-order valence-corrected chi connectivity index (χ0v) is 20.3. The van der Waals surface area contributed by atoms with E-state index in [-0.39, 0.29) is 54.2 Å². The first-order valence-electron chi connectivity index (χ1n) is 11.6. The molecule has 0 spiro atoms. The highest BCUT2D eigenvalue weighted by Crippen LogP contribution is 2.69. The molecule has 7 nitrogen and oxygen atoms in total. The van der Waals surface area contributed by atoms with Crippen LogP contribution >= 0.6 is 0 Å². The number of rotatable bonds is 5. The van der Waals surface area contributed by atoms with Gasteiger partial charge in [-0.1, -0.05) is 51.5 Å². The largest absolute Gasteiger partial charge is 0.454 e. The minimum absolute atomic E-state index is 0.0312. The Hall–Kier alpha value is -3.35. The van der Waals surface area contributed by atoms with E-state index in [4.69, 9.17) is 9.47 Å². The zero-order chi connectivity index (χ0) is 24.4. The Balaban J connectivity index is 1.48. The van der Waals surface area contributed by atoms with Crippen molar-refractivity contribution in [1.82, 2.24) is 4.90 Å². The second-order valence-electron chi connectivity index (χ2n) is 10.7. The van der Waals surface area contributed by atoms with Gasteiger partial charge in [0.25, 0.3) is 5.91 Å². The Morgan fingerprint density at radius 2 is 1.65 bits per heavy atom.